The van der Waals surface area contributed by atoms with E-state index < -0.39 is 12.0 Å². The number of anilines is 1. The smallest absolute Gasteiger partial charge is 0.346 e. The molecule has 0 atom stereocenters. The van der Waals surface area contributed by atoms with Crippen molar-refractivity contribution < 1.29 is 13.2 Å². The van der Waals surface area contributed by atoms with Gasteiger partial charge in [-0.2, -0.15) is 22.5 Å². The van der Waals surface area contributed by atoms with Crippen molar-refractivity contribution >= 4 is 16.7 Å². The molecule has 2 rings (SSSR count). The molecule has 4 nitrogen and oxygen atoms in total. The standard InChI is InChI=1S/C12H13F3N4S/c1-19(7-9-4-2-8(6-16)3-5-9)11-17-10(18-20-11)12(13,14)15/h2-5H,6-7,16H2,1H3. The molecule has 0 saturated heterocycles. The Bertz CT molecular complexity index is 565. The fourth-order valence-corrected chi connectivity index (χ4v) is 2.25. The Morgan fingerprint density at radius 2 is 1.80 bits per heavy atom. The number of halogens is 3. The highest BCUT2D eigenvalue weighted by Crippen LogP contribution is 2.30. The Hall–Kier alpha value is -1.67. The fourth-order valence-electron chi connectivity index (χ4n) is 1.61. The minimum atomic E-state index is -4.50. The molecule has 0 spiro atoms. The van der Waals surface area contributed by atoms with Gasteiger partial charge in [-0.25, -0.2) is 0 Å². The molecule has 1 aromatic carbocycles. The number of nitrogens with zero attached hydrogens (tertiary/aromatic N) is 3. The van der Waals surface area contributed by atoms with Crippen molar-refractivity contribution in [2.75, 3.05) is 11.9 Å². The monoisotopic (exact) mass is 302 g/mol. The van der Waals surface area contributed by atoms with E-state index in [0.29, 0.717) is 13.1 Å². The molecule has 0 radical (unpaired) electrons. The summed E-state index contributed by atoms with van der Waals surface area (Å²) in [5.41, 5.74) is 7.47. The van der Waals surface area contributed by atoms with Crippen LogP contribution < -0.4 is 10.6 Å². The Morgan fingerprint density at radius 1 is 1.20 bits per heavy atom. The highest BCUT2D eigenvalue weighted by Gasteiger charge is 2.36. The van der Waals surface area contributed by atoms with Crippen molar-refractivity contribution in [2.24, 2.45) is 5.73 Å². The maximum absolute atomic E-state index is 12.4. The summed E-state index contributed by atoms with van der Waals surface area (Å²) in [6, 6.07) is 7.57. The van der Waals surface area contributed by atoms with Gasteiger partial charge in [-0.05, 0) is 11.1 Å². The van der Waals surface area contributed by atoms with Crippen molar-refractivity contribution in [1.29, 1.82) is 0 Å². The maximum Gasteiger partial charge on any atom is 0.452 e. The topological polar surface area (TPSA) is 55.0 Å². The molecule has 0 saturated carbocycles. The highest BCUT2D eigenvalue weighted by molar-refractivity contribution is 7.09. The molecule has 2 aromatic rings. The molecule has 0 aliphatic carbocycles. The van der Waals surface area contributed by atoms with E-state index in [-0.39, 0.29) is 5.13 Å². The Labute approximate surface area is 118 Å². The van der Waals surface area contributed by atoms with Gasteiger partial charge in [0.15, 0.2) is 0 Å². The van der Waals surface area contributed by atoms with Gasteiger partial charge in [-0.1, -0.05) is 24.3 Å². The van der Waals surface area contributed by atoms with E-state index in [1.807, 2.05) is 24.3 Å². The van der Waals surface area contributed by atoms with Crippen molar-refractivity contribution in [3.05, 3.63) is 41.2 Å². The second-order valence-electron chi connectivity index (χ2n) is 4.28. The summed E-state index contributed by atoms with van der Waals surface area (Å²) in [6.07, 6.45) is -4.50. The van der Waals surface area contributed by atoms with Crippen LogP contribution in [0.3, 0.4) is 0 Å². The Morgan fingerprint density at radius 3 is 2.30 bits per heavy atom. The van der Waals surface area contributed by atoms with Gasteiger partial charge >= 0.3 is 6.18 Å². The average molecular weight is 302 g/mol. The lowest BCUT2D eigenvalue weighted by molar-refractivity contribution is -0.144. The molecule has 20 heavy (non-hydrogen) atoms. The van der Waals surface area contributed by atoms with Crippen LogP contribution in [-0.2, 0) is 19.3 Å². The Balaban J connectivity index is 2.07. The van der Waals surface area contributed by atoms with E-state index >= 15 is 0 Å². The van der Waals surface area contributed by atoms with E-state index in [4.69, 9.17) is 5.73 Å². The van der Waals surface area contributed by atoms with Crippen LogP contribution in [0.25, 0.3) is 0 Å². The lowest BCUT2D eigenvalue weighted by Gasteiger charge is -2.15. The number of hydrogen-bond donors (Lipinski definition) is 1. The van der Waals surface area contributed by atoms with Crippen LogP contribution in [0.5, 0.6) is 0 Å². The van der Waals surface area contributed by atoms with Crippen LogP contribution in [-0.4, -0.2) is 16.4 Å². The van der Waals surface area contributed by atoms with E-state index in [9.17, 15) is 13.2 Å². The predicted molar refractivity (Wildman–Crippen MR) is 71.4 cm³/mol. The summed E-state index contributed by atoms with van der Waals surface area (Å²) >= 11 is 0.736. The average Bonchev–Trinajstić information content (AvgIpc) is 2.89. The Kier molecular flexibility index (Phi) is 4.24. The normalized spacial score (nSPS) is 11.7. The zero-order valence-electron chi connectivity index (χ0n) is 10.7. The van der Waals surface area contributed by atoms with Gasteiger partial charge in [-0.3, -0.25) is 0 Å². The molecule has 1 aromatic heterocycles. The fraction of sp³-hybridized carbons (Fsp3) is 0.333. The lowest BCUT2D eigenvalue weighted by Crippen LogP contribution is -2.17. The van der Waals surface area contributed by atoms with Crippen molar-refractivity contribution in [2.45, 2.75) is 19.3 Å². The summed E-state index contributed by atoms with van der Waals surface area (Å²) in [5.74, 6) is -1.09. The third kappa shape index (κ3) is 3.45. The highest BCUT2D eigenvalue weighted by atomic mass is 32.1. The first-order chi connectivity index (χ1) is 9.40. The minimum absolute atomic E-state index is 0.236. The van der Waals surface area contributed by atoms with E-state index in [1.54, 1.807) is 11.9 Å². The van der Waals surface area contributed by atoms with Crippen LogP contribution in [0, 0.1) is 0 Å². The van der Waals surface area contributed by atoms with E-state index in [2.05, 4.69) is 9.36 Å². The maximum atomic E-state index is 12.4. The first-order valence-corrected chi connectivity index (χ1v) is 6.57. The van der Waals surface area contributed by atoms with Crippen LogP contribution in [0.2, 0.25) is 0 Å². The van der Waals surface area contributed by atoms with E-state index in [0.717, 1.165) is 22.7 Å². The molecule has 8 heteroatoms. The number of benzene rings is 1. The van der Waals surface area contributed by atoms with Gasteiger partial charge in [0.2, 0.25) is 11.0 Å². The van der Waals surface area contributed by atoms with Crippen LogP contribution in [0.15, 0.2) is 24.3 Å². The molecule has 0 aliphatic heterocycles. The quantitative estimate of drug-likeness (QED) is 0.943. The third-order valence-electron chi connectivity index (χ3n) is 2.67. The molecule has 0 fully saturated rings. The van der Waals surface area contributed by atoms with Gasteiger partial charge in [0.1, 0.15) is 0 Å². The first-order valence-electron chi connectivity index (χ1n) is 5.80. The molecular formula is C12H13F3N4S. The lowest BCUT2D eigenvalue weighted by atomic mass is 10.1. The number of rotatable bonds is 4. The summed E-state index contributed by atoms with van der Waals surface area (Å²) in [7, 11) is 1.68. The van der Waals surface area contributed by atoms with Crippen molar-refractivity contribution in [3.63, 3.8) is 0 Å². The molecule has 108 valence electrons. The molecule has 0 bridgehead atoms. The molecule has 2 N–H and O–H groups in total. The summed E-state index contributed by atoms with van der Waals surface area (Å²) < 4.78 is 40.6. The van der Waals surface area contributed by atoms with Gasteiger partial charge in [0, 0.05) is 31.7 Å². The van der Waals surface area contributed by atoms with Crippen molar-refractivity contribution in [1.82, 2.24) is 9.36 Å². The number of nitrogens with two attached hydrogens (primary N) is 1. The first kappa shape index (κ1) is 14.7. The summed E-state index contributed by atoms with van der Waals surface area (Å²) in [5, 5.41) is 0.236. The van der Waals surface area contributed by atoms with Gasteiger partial charge < -0.3 is 10.6 Å². The van der Waals surface area contributed by atoms with Crippen LogP contribution in [0.4, 0.5) is 18.3 Å². The SMILES string of the molecule is CN(Cc1ccc(CN)cc1)c1nc(C(F)(F)F)ns1. The number of alkyl halides is 3. The molecule has 0 amide bonds. The van der Waals surface area contributed by atoms with Gasteiger partial charge in [-0.15, -0.1) is 0 Å². The molecule has 0 unspecified atom stereocenters. The zero-order valence-corrected chi connectivity index (χ0v) is 11.5. The van der Waals surface area contributed by atoms with Crippen molar-refractivity contribution in [3.8, 4) is 0 Å². The molecule has 0 aliphatic rings. The minimum Gasteiger partial charge on any atom is -0.346 e. The second-order valence-corrected chi connectivity index (χ2v) is 5.01. The molecule has 1 heterocycles. The number of aromatic nitrogens is 2. The number of hydrogen-bond acceptors (Lipinski definition) is 5. The zero-order chi connectivity index (χ0) is 14.8. The van der Waals surface area contributed by atoms with Crippen LogP contribution in [0.1, 0.15) is 17.0 Å². The van der Waals surface area contributed by atoms with Crippen LogP contribution >= 0.6 is 11.5 Å². The second kappa shape index (κ2) is 5.76. The summed E-state index contributed by atoms with van der Waals surface area (Å²) in [4.78, 5) is 5.13. The van der Waals surface area contributed by atoms with E-state index in [1.165, 1.54) is 0 Å². The predicted octanol–water partition coefficient (Wildman–Crippen LogP) is 2.65. The largest absolute Gasteiger partial charge is 0.452 e. The third-order valence-corrected chi connectivity index (χ3v) is 3.50. The molecular weight excluding hydrogens is 289 g/mol. The summed E-state index contributed by atoms with van der Waals surface area (Å²) in [6.45, 7) is 0.915. The van der Waals surface area contributed by atoms with Gasteiger partial charge in [0.05, 0.1) is 0 Å². The van der Waals surface area contributed by atoms with Gasteiger partial charge in [0.25, 0.3) is 0 Å².